The molecule has 0 unspecified atom stereocenters. The van der Waals surface area contributed by atoms with E-state index in [4.69, 9.17) is 0 Å². The number of esters is 1. The van der Waals surface area contributed by atoms with Crippen molar-refractivity contribution in [2.75, 3.05) is 7.11 Å². The van der Waals surface area contributed by atoms with E-state index >= 15 is 0 Å². The monoisotopic (exact) mass is 244 g/mol. The fraction of sp³-hybridized carbons (Fsp3) is 0.500. The molecule has 0 aromatic carbocycles. The minimum absolute atomic E-state index is 0.329. The second kappa shape index (κ2) is 3.14. The van der Waals surface area contributed by atoms with Crippen LogP contribution in [0, 0.1) is 0 Å². The molecule has 0 saturated heterocycles. The maximum atomic E-state index is 11.3. The molecule has 1 aromatic heterocycles. The van der Waals surface area contributed by atoms with Gasteiger partial charge < -0.3 is 9.30 Å². The molecule has 1 aliphatic rings. The van der Waals surface area contributed by atoms with Crippen LogP contribution in [-0.4, -0.2) is 22.6 Å². The highest BCUT2D eigenvalue weighted by Gasteiger charge is 2.30. The number of hydrogen-bond donors (Lipinski definition) is 0. The van der Waals surface area contributed by atoms with Gasteiger partial charge in [0.1, 0.15) is 5.69 Å². The summed E-state index contributed by atoms with van der Waals surface area (Å²) < 4.78 is 7.23. The molecule has 2 rings (SSSR count). The Labute approximate surface area is 84.0 Å². The van der Waals surface area contributed by atoms with Crippen molar-refractivity contribution in [3.05, 3.63) is 16.6 Å². The summed E-state index contributed by atoms with van der Waals surface area (Å²) in [5.41, 5.74) is 0.525. The van der Waals surface area contributed by atoms with E-state index in [0.717, 1.165) is 12.8 Å². The first-order chi connectivity index (χ1) is 6.24. The van der Waals surface area contributed by atoms with Crippen LogP contribution in [-0.2, 0) is 4.74 Å². The number of methoxy groups -OCH3 is 1. The molecular formula is C8H9BrN2O2. The molecule has 70 valence electrons. The molecule has 1 saturated carbocycles. The fourth-order valence-electron chi connectivity index (χ4n) is 1.27. The van der Waals surface area contributed by atoms with Crippen LogP contribution < -0.4 is 0 Å². The largest absolute Gasteiger partial charge is 0.464 e. The highest BCUT2D eigenvalue weighted by Crippen LogP contribution is 2.38. The number of rotatable bonds is 2. The number of halogens is 1. The van der Waals surface area contributed by atoms with Gasteiger partial charge in [0.25, 0.3) is 0 Å². The van der Waals surface area contributed by atoms with E-state index in [1.807, 2.05) is 4.57 Å². The summed E-state index contributed by atoms with van der Waals surface area (Å²) in [6.45, 7) is 0. The van der Waals surface area contributed by atoms with Crippen molar-refractivity contribution in [3.8, 4) is 0 Å². The number of carbonyl (C=O) groups excluding carboxylic acids is 1. The third-order valence-corrected chi connectivity index (χ3v) is 2.65. The smallest absolute Gasteiger partial charge is 0.356 e. The topological polar surface area (TPSA) is 44.1 Å². The Morgan fingerprint density at radius 2 is 2.46 bits per heavy atom. The molecule has 1 fully saturated rings. The molecule has 0 atom stereocenters. The Morgan fingerprint density at radius 3 is 3.00 bits per heavy atom. The maximum absolute atomic E-state index is 11.3. The third-order valence-electron chi connectivity index (χ3n) is 2.06. The van der Waals surface area contributed by atoms with E-state index in [2.05, 4.69) is 25.7 Å². The normalized spacial score (nSPS) is 15.8. The van der Waals surface area contributed by atoms with Crippen LogP contribution in [0.3, 0.4) is 0 Å². The highest BCUT2D eigenvalue weighted by molar-refractivity contribution is 9.10. The van der Waals surface area contributed by atoms with Crippen LogP contribution in [0.4, 0.5) is 0 Å². The quantitative estimate of drug-likeness (QED) is 0.746. The Bertz CT molecular complexity index is 344. The lowest BCUT2D eigenvalue weighted by atomic mass is 10.4. The standard InChI is InChI=1S/C8H9BrN2O2/c1-13-7(12)6-4-10-8(9)11(6)5-2-3-5/h4-5H,2-3H2,1H3. The van der Waals surface area contributed by atoms with Crippen LogP contribution in [0.1, 0.15) is 29.4 Å². The van der Waals surface area contributed by atoms with Gasteiger partial charge in [0, 0.05) is 6.04 Å². The van der Waals surface area contributed by atoms with E-state index in [-0.39, 0.29) is 5.97 Å². The Kier molecular flexibility index (Phi) is 2.11. The van der Waals surface area contributed by atoms with Gasteiger partial charge in [-0.15, -0.1) is 0 Å². The predicted molar refractivity (Wildman–Crippen MR) is 49.5 cm³/mol. The van der Waals surface area contributed by atoms with Crippen LogP contribution in [0.25, 0.3) is 0 Å². The second-order valence-electron chi connectivity index (χ2n) is 3.01. The first-order valence-electron chi connectivity index (χ1n) is 4.05. The number of nitrogens with zero attached hydrogens (tertiary/aromatic N) is 2. The molecule has 13 heavy (non-hydrogen) atoms. The second-order valence-corrected chi connectivity index (χ2v) is 3.71. The molecule has 4 nitrogen and oxygen atoms in total. The minimum Gasteiger partial charge on any atom is -0.464 e. The molecule has 1 heterocycles. The van der Waals surface area contributed by atoms with Crippen molar-refractivity contribution in [3.63, 3.8) is 0 Å². The summed E-state index contributed by atoms with van der Waals surface area (Å²) in [7, 11) is 1.38. The third kappa shape index (κ3) is 1.48. The highest BCUT2D eigenvalue weighted by atomic mass is 79.9. The SMILES string of the molecule is COC(=O)c1cnc(Br)n1C1CC1. The van der Waals surface area contributed by atoms with E-state index in [1.54, 1.807) is 0 Å². The van der Waals surface area contributed by atoms with Crippen LogP contribution >= 0.6 is 15.9 Å². The van der Waals surface area contributed by atoms with Gasteiger partial charge in [-0.3, -0.25) is 0 Å². The van der Waals surface area contributed by atoms with Gasteiger partial charge in [0.2, 0.25) is 0 Å². The number of carbonyl (C=O) groups is 1. The first kappa shape index (κ1) is 8.74. The lowest BCUT2D eigenvalue weighted by molar-refractivity contribution is 0.0588. The summed E-state index contributed by atoms with van der Waals surface area (Å²) in [6.07, 6.45) is 3.76. The molecule has 0 bridgehead atoms. The lowest BCUT2D eigenvalue weighted by Crippen LogP contribution is -2.09. The molecule has 5 heteroatoms. The average molecular weight is 245 g/mol. The van der Waals surface area contributed by atoms with Crippen LogP contribution in [0.2, 0.25) is 0 Å². The summed E-state index contributed by atoms with van der Waals surface area (Å²) in [5, 5.41) is 0. The summed E-state index contributed by atoms with van der Waals surface area (Å²) >= 11 is 3.30. The van der Waals surface area contributed by atoms with Crippen molar-refractivity contribution in [2.45, 2.75) is 18.9 Å². The molecule has 0 radical (unpaired) electrons. The van der Waals surface area contributed by atoms with Gasteiger partial charge >= 0.3 is 5.97 Å². The Hall–Kier alpha value is -0.840. The zero-order chi connectivity index (χ0) is 9.42. The molecule has 1 aliphatic carbocycles. The lowest BCUT2D eigenvalue weighted by Gasteiger charge is -2.05. The van der Waals surface area contributed by atoms with Gasteiger partial charge in [-0.25, -0.2) is 9.78 Å². The summed E-state index contributed by atoms with van der Waals surface area (Å²) in [6, 6.07) is 0.422. The minimum atomic E-state index is -0.329. The van der Waals surface area contributed by atoms with E-state index in [1.165, 1.54) is 13.3 Å². The van der Waals surface area contributed by atoms with Crippen molar-refractivity contribution in [1.29, 1.82) is 0 Å². The zero-order valence-electron chi connectivity index (χ0n) is 7.16. The molecule has 0 amide bonds. The number of ether oxygens (including phenoxy) is 1. The number of hydrogen-bond acceptors (Lipinski definition) is 3. The summed E-state index contributed by atoms with van der Waals surface area (Å²) in [5.74, 6) is -0.329. The van der Waals surface area contributed by atoms with Gasteiger partial charge in [-0.2, -0.15) is 0 Å². The van der Waals surface area contributed by atoms with Crippen molar-refractivity contribution in [1.82, 2.24) is 9.55 Å². The molecule has 1 aromatic rings. The van der Waals surface area contributed by atoms with Gasteiger partial charge in [0.15, 0.2) is 4.73 Å². The fourth-order valence-corrected chi connectivity index (χ4v) is 1.86. The summed E-state index contributed by atoms with van der Waals surface area (Å²) in [4.78, 5) is 15.3. The van der Waals surface area contributed by atoms with Crippen LogP contribution in [0.15, 0.2) is 10.9 Å². The molecular weight excluding hydrogens is 236 g/mol. The van der Waals surface area contributed by atoms with Crippen molar-refractivity contribution in [2.24, 2.45) is 0 Å². The van der Waals surface area contributed by atoms with Crippen molar-refractivity contribution >= 4 is 21.9 Å². The Balaban J connectivity index is 2.39. The van der Waals surface area contributed by atoms with E-state index in [9.17, 15) is 4.79 Å². The zero-order valence-corrected chi connectivity index (χ0v) is 8.74. The Morgan fingerprint density at radius 1 is 1.77 bits per heavy atom. The van der Waals surface area contributed by atoms with Gasteiger partial charge in [0.05, 0.1) is 13.3 Å². The molecule has 0 aliphatic heterocycles. The van der Waals surface area contributed by atoms with E-state index < -0.39 is 0 Å². The van der Waals surface area contributed by atoms with Crippen molar-refractivity contribution < 1.29 is 9.53 Å². The molecule has 0 N–H and O–H groups in total. The number of imidazole rings is 1. The van der Waals surface area contributed by atoms with Gasteiger partial charge in [-0.1, -0.05) is 0 Å². The first-order valence-corrected chi connectivity index (χ1v) is 4.84. The van der Waals surface area contributed by atoms with E-state index in [0.29, 0.717) is 16.5 Å². The maximum Gasteiger partial charge on any atom is 0.356 e. The van der Waals surface area contributed by atoms with Crippen LogP contribution in [0.5, 0.6) is 0 Å². The average Bonchev–Trinajstić information content (AvgIpc) is 2.89. The predicted octanol–water partition coefficient (Wildman–Crippen LogP) is 1.77. The molecule has 0 spiro atoms. The van der Waals surface area contributed by atoms with Gasteiger partial charge in [-0.05, 0) is 28.8 Å². The number of aromatic nitrogens is 2.